The smallest absolute Gasteiger partial charge is 0.330 e. The first kappa shape index (κ1) is 18.0. The highest BCUT2D eigenvalue weighted by Gasteiger charge is 2.31. The third-order valence-electron chi connectivity index (χ3n) is 4.34. The molecule has 1 fully saturated rings. The molecule has 2 rings (SSSR count). The molecule has 0 spiro atoms. The fourth-order valence-corrected chi connectivity index (χ4v) is 2.92. The molecule has 1 aliphatic heterocycles. The lowest BCUT2D eigenvalue weighted by molar-refractivity contribution is -0.143. The maximum atomic E-state index is 12.4. The predicted octanol–water partition coefficient (Wildman–Crippen LogP) is 1.82. The third-order valence-corrected chi connectivity index (χ3v) is 4.34. The largest absolute Gasteiger partial charge is 0.479 e. The van der Waals surface area contributed by atoms with Gasteiger partial charge in [-0.25, -0.2) is 4.79 Å². The number of piperidine rings is 1. The average Bonchev–Trinajstić information content (AvgIpc) is 2.59. The van der Waals surface area contributed by atoms with Gasteiger partial charge in [-0.3, -0.25) is 9.59 Å². The van der Waals surface area contributed by atoms with Crippen LogP contribution in [0.4, 0.5) is 0 Å². The lowest BCUT2D eigenvalue weighted by Crippen LogP contribution is -2.45. The summed E-state index contributed by atoms with van der Waals surface area (Å²) < 4.78 is 0. The fraction of sp³-hybridized carbons (Fsp3) is 0.500. The van der Waals surface area contributed by atoms with Crippen molar-refractivity contribution in [3.63, 3.8) is 0 Å². The summed E-state index contributed by atoms with van der Waals surface area (Å²) in [4.78, 5) is 37.6. The molecule has 1 atom stereocenters. The van der Waals surface area contributed by atoms with Crippen molar-refractivity contribution >= 4 is 17.8 Å². The lowest BCUT2D eigenvalue weighted by atomic mass is 9.94. The van der Waals surface area contributed by atoms with Gasteiger partial charge in [0.15, 0.2) is 6.04 Å². The van der Waals surface area contributed by atoms with Gasteiger partial charge in [0.2, 0.25) is 11.8 Å². The zero-order valence-electron chi connectivity index (χ0n) is 14.1. The maximum Gasteiger partial charge on any atom is 0.330 e. The second-order valence-electron chi connectivity index (χ2n) is 6.44. The molecule has 0 bridgehead atoms. The Bertz CT molecular complexity index is 592. The second kappa shape index (κ2) is 7.95. The Balaban J connectivity index is 1.95. The maximum absolute atomic E-state index is 12.4. The number of rotatable bonds is 5. The van der Waals surface area contributed by atoms with E-state index in [-0.39, 0.29) is 23.7 Å². The molecule has 2 N–H and O–H groups in total. The van der Waals surface area contributed by atoms with Crippen LogP contribution in [-0.4, -0.2) is 40.9 Å². The van der Waals surface area contributed by atoms with Crippen molar-refractivity contribution in [2.24, 2.45) is 11.8 Å². The van der Waals surface area contributed by atoms with E-state index in [2.05, 4.69) is 5.32 Å². The molecule has 1 aromatic rings. The number of carboxylic acids is 1. The zero-order valence-corrected chi connectivity index (χ0v) is 14.1. The molecular formula is C18H24N2O4. The Morgan fingerprint density at radius 2 is 1.71 bits per heavy atom. The van der Waals surface area contributed by atoms with Crippen molar-refractivity contribution < 1.29 is 19.5 Å². The molecule has 1 heterocycles. The molecule has 0 saturated carbocycles. The molecule has 130 valence electrons. The van der Waals surface area contributed by atoms with Gasteiger partial charge in [-0.05, 0) is 18.4 Å². The Morgan fingerprint density at radius 3 is 2.21 bits per heavy atom. The molecule has 0 radical (unpaired) electrons. The first-order chi connectivity index (χ1) is 11.4. The van der Waals surface area contributed by atoms with E-state index in [0.29, 0.717) is 31.5 Å². The second-order valence-corrected chi connectivity index (χ2v) is 6.44. The van der Waals surface area contributed by atoms with Crippen LogP contribution in [0, 0.1) is 11.8 Å². The molecule has 1 aromatic carbocycles. The van der Waals surface area contributed by atoms with Crippen LogP contribution in [0.1, 0.15) is 38.3 Å². The highest BCUT2D eigenvalue weighted by Crippen LogP contribution is 2.21. The van der Waals surface area contributed by atoms with Gasteiger partial charge < -0.3 is 15.3 Å². The van der Waals surface area contributed by atoms with E-state index in [1.54, 1.807) is 35.2 Å². The van der Waals surface area contributed by atoms with E-state index in [0.717, 1.165) is 0 Å². The SMILES string of the molecule is CC(C)C(=O)N1CCC(C(=O)N[C@H](C(=O)O)c2ccccc2)CC1. The normalized spacial score (nSPS) is 16.7. The highest BCUT2D eigenvalue weighted by molar-refractivity contribution is 5.86. The van der Waals surface area contributed by atoms with E-state index >= 15 is 0 Å². The Hall–Kier alpha value is -2.37. The van der Waals surface area contributed by atoms with Crippen molar-refractivity contribution in [1.82, 2.24) is 10.2 Å². The Labute approximate surface area is 141 Å². The van der Waals surface area contributed by atoms with Crippen molar-refractivity contribution in [2.45, 2.75) is 32.7 Å². The lowest BCUT2D eigenvalue weighted by Gasteiger charge is -2.33. The number of carboxylic acid groups (broad SMARTS) is 1. The van der Waals surface area contributed by atoms with Crippen LogP contribution in [0.5, 0.6) is 0 Å². The van der Waals surface area contributed by atoms with E-state index in [1.165, 1.54) is 0 Å². The van der Waals surface area contributed by atoms with Crippen LogP contribution in [0.25, 0.3) is 0 Å². The number of carbonyl (C=O) groups is 3. The van der Waals surface area contributed by atoms with Crippen LogP contribution in [0.3, 0.4) is 0 Å². The number of benzene rings is 1. The summed E-state index contributed by atoms with van der Waals surface area (Å²) >= 11 is 0. The summed E-state index contributed by atoms with van der Waals surface area (Å²) in [5, 5.41) is 12.0. The zero-order chi connectivity index (χ0) is 17.7. The molecule has 0 aliphatic carbocycles. The minimum absolute atomic E-state index is 0.0511. The molecular weight excluding hydrogens is 308 g/mol. The number of hydrogen-bond acceptors (Lipinski definition) is 3. The molecule has 6 nitrogen and oxygen atoms in total. The highest BCUT2D eigenvalue weighted by atomic mass is 16.4. The van der Waals surface area contributed by atoms with E-state index in [4.69, 9.17) is 0 Å². The van der Waals surface area contributed by atoms with Crippen molar-refractivity contribution in [3.8, 4) is 0 Å². The number of hydrogen-bond donors (Lipinski definition) is 2. The average molecular weight is 332 g/mol. The summed E-state index contributed by atoms with van der Waals surface area (Å²) in [6, 6.07) is 7.60. The first-order valence-electron chi connectivity index (χ1n) is 8.27. The van der Waals surface area contributed by atoms with Gasteiger partial charge in [-0.15, -0.1) is 0 Å². The minimum atomic E-state index is -1.08. The van der Waals surface area contributed by atoms with Gasteiger partial charge >= 0.3 is 5.97 Å². The molecule has 24 heavy (non-hydrogen) atoms. The van der Waals surface area contributed by atoms with Gasteiger partial charge in [0.25, 0.3) is 0 Å². The molecule has 1 aliphatic rings. The van der Waals surface area contributed by atoms with Gasteiger partial charge in [0.05, 0.1) is 0 Å². The standard InChI is InChI=1S/C18H24N2O4/c1-12(2)17(22)20-10-8-14(9-11-20)16(21)19-15(18(23)24)13-6-4-3-5-7-13/h3-7,12,14-15H,8-11H2,1-2H3,(H,19,21)(H,23,24)/t15-/m0/s1. The van der Waals surface area contributed by atoms with Gasteiger partial charge in [0, 0.05) is 24.9 Å². The minimum Gasteiger partial charge on any atom is -0.479 e. The van der Waals surface area contributed by atoms with Crippen LogP contribution in [0.2, 0.25) is 0 Å². The quantitative estimate of drug-likeness (QED) is 0.861. The first-order valence-corrected chi connectivity index (χ1v) is 8.27. The van der Waals surface area contributed by atoms with Crippen LogP contribution < -0.4 is 5.32 Å². The summed E-state index contributed by atoms with van der Waals surface area (Å²) in [5.74, 6) is -1.55. The monoisotopic (exact) mass is 332 g/mol. The molecule has 2 amide bonds. The fourth-order valence-electron chi connectivity index (χ4n) is 2.92. The predicted molar refractivity (Wildman–Crippen MR) is 89.1 cm³/mol. The molecule has 0 aromatic heterocycles. The van der Waals surface area contributed by atoms with Crippen LogP contribution in [0.15, 0.2) is 30.3 Å². The topological polar surface area (TPSA) is 86.7 Å². The third kappa shape index (κ3) is 4.34. The van der Waals surface area contributed by atoms with E-state index < -0.39 is 12.0 Å². The molecule has 6 heteroatoms. The van der Waals surface area contributed by atoms with Crippen LogP contribution >= 0.6 is 0 Å². The van der Waals surface area contributed by atoms with E-state index in [1.807, 2.05) is 13.8 Å². The molecule has 0 unspecified atom stereocenters. The van der Waals surface area contributed by atoms with Gasteiger partial charge in [-0.1, -0.05) is 44.2 Å². The van der Waals surface area contributed by atoms with Crippen LogP contribution in [-0.2, 0) is 14.4 Å². The number of aliphatic carboxylic acids is 1. The number of nitrogens with one attached hydrogen (secondary N) is 1. The van der Waals surface area contributed by atoms with Gasteiger partial charge in [-0.2, -0.15) is 0 Å². The van der Waals surface area contributed by atoms with E-state index in [9.17, 15) is 19.5 Å². The van der Waals surface area contributed by atoms with Gasteiger partial charge in [0.1, 0.15) is 0 Å². The number of carbonyl (C=O) groups excluding carboxylic acids is 2. The summed E-state index contributed by atoms with van der Waals surface area (Å²) in [5.41, 5.74) is 0.547. The number of amides is 2. The summed E-state index contributed by atoms with van der Waals surface area (Å²) in [6.45, 7) is 4.80. The molecule has 1 saturated heterocycles. The van der Waals surface area contributed by atoms with Crippen molar-refractivity contribution in [1.29, 1.82) is 0 Å². The Kier molecular flexibility index (Phi) is 5.95. The van der Waals surface area contributed by atoms with Crippen molar-refractivity contribution in [3.05, 3.63) is 35.9 Å². The number of nitrogens with zero attached hydrogens (tertiary/aromatic N) is 1. The van der Waals surface area contributed by atoms with Crippen molar-refractivity contribution in [2.75, 3.05) is 13.1 Å². The summed E-state index contributed by atoms with van der Waals surface area (Å²) in [7, 11) is 0. The number of likely N-dealkylation sites (tertiary alicyclic amines) is 1. The summed E-state index contributed by atoms with van der Waals surface area (Å²) in [6.07, 6.45) is 1.12. The Morgan fingerprint density at radius 1 is 1.12 bits per heavy atom.